The zero-order valence-electron chi connectivity index (χ0n) is 10.9. The van der Waals surface area contributed by atoms with Crippen molar-refractivity contribution in [2.75, 3.05) is 16.8 Å². The average Bonchev–Trinajstić information content (AvgIpc) is 2.26. The first kappa shape index (κ1) is 13.6. The van der Waals surface area contributed by atoms with Crippen molar-refractivity contribution in [2.45, 2.75) is 26.4 Å². The van der Waals surface area contributed by atoms with Gasteiger partial charge in [0.25, 0.3) is 0 Å². The van der Waals surface area contributed by atoms with E-state index in [9.17, 15) is 9.59 Å². The highest BCUT2D eigenvalue weighted by molar-refractivity contribution is 6.29. The maximum absolute atomic E-state index is 12.1. The minimum Gasteiger partial charge on any atom is -0.443 e. The van der Waals surface area contributed by atoms with Crippen molar-refractivity contribution in [3.05, 3.63) is 17.3 Å². The van der Waals surface area contributed by atoms with Crippen molar-refractivity contribution in [2.24, 2.45) is 0 Å². The van der Waals surface area contributed by atoms with Gasteiger partial charge in [0.1, 0.15) is 17.3 Å². The van der Waals surface area contributed by atoms with Crippen molar-refractivity contribution in [1.82, 2.24) is 4.98 Å². The number of amides is 2. The van der Waals surface area contributed by atoms with E-state index in [4.69, 9.17) is 16.3 Å². The van der Waals surface area contributed by atoms with Gasteiger partial charge in [0.2, 0.25) is 5.91 Å². The third kappa shape index (κ3) is 3.14. The van der Waals surface area contributed by atoms with E-state index in [1.54, 1.807) is 32.9 Å². The molecule has 0 saturated heterocycles. The summed E-state index contributed by atoms with van der Waals surface area (Å²) in [7, 11) is 0. The van der Waals surface area contributed by atoms with Gasteiger partial charge in [0.15, 0.2) is 5.82 Å². The van der Waals surface area contributed by atoms with Gasteiger partial charge in [0, 0.05) is 0 Å². The molecule has 2 amide bonds. The van der Waals surface area contributed by atoms with Crippen molar-refractivity contribution in [3.8, 4) is 0 Å². The van der Waals surface area contributed by atoms with Gasteiger partial charge in [-0.25, -0.2) is 9.78 Å². The van der Waals surface area contributed by atoms with Gasteiger partial charge in [-0.2, -0.15) is 0 Å². The van der Waals surface area contributed by atoms with Gasteiger partial charge in [-0.05, 0) is 32.9 Å². The first-order valence-electron chi connectivity index (χ1n) is 5.73. The third-order valence-corrected chi connectivity index (χ3v) is 2.50. The molecular weight excluding hydrogens is 270 g/mol. The topological polar surface area (TPSA) is 71.5 Å². The Morgan fingerprint density at radius 2 is 2.16 bits per heavy atom. The van der Waals surface area contributed by atoms with E-state index in [0.29, 0.717) is 11.5 Å². The van der Waals surface area contributed by atoms with Crippen molar-refractivity contribution < 1.29 is 14.3 Å². The Hall–Kier alpha value is -1.82. The number of hydrogen-bond donors (Lipinski definition) is 1. The fraction of sp³-hybridized carbons (Fsp3) is 0.417. The van der Waals surface area contributed by atoms with E-state index in [2.05, 4.69) is 10.3 Å². The zero-order valence-corrected chi connectivity index (χ0v) is 11.6. The predicted molar refractivity (Wildman–Crippen MR) is 71.5 cm³/mol. The Kier molecular flexibility index (Phi) is 3.36. The molecule has 1 N–H and O–H groups in total. The molecule has 2 rings (SSSR count). The van der Waals surface area contributed by atoms with E-state index < -0.39 is 11.7 Å². The molecule has 6 nitrogen and oxygen atoms in total. The molecule has 1 aromatic rings. The third-order valence-electron chi connectivity index (χ3n) is 2.29. The van der Waals surface area contributed by atoms with E-state index in [1.807, 2.05) is 0 Å². The second-order valence-electron chi connectivity index (χ2n) is 5.12. The van der Waals surface area contributed by atoms with Crippen LogP contribution in [0, 0.1) is 0 Å². The second-order valence-corrected chi connectivity index (χ2v) is 5.51. The molecule has 0 aliphatic carbocycles. The molecule has 0 spiro atoms. The number of carbonyl (C=O) groups excluding carboxylic acids is 2. The van der Waals surface area contributed by atoms with Crippen LogP contribution in [0.3, 0.4) is 0 Å². The van der Waals surface area contributed by atoms with E-state index in [0.717, 1.165) is 0 Å². The summed E-state index contributed by atoms with van der Waals surface area (Å²) in [4.78, 5) is 28.9. The fourth-order valence-electron chi connectivity index (χ4n) is 1.60. The van der Waals surface area contributed by atoms with Crippen LogP contribution in [0.5, 0.6) is 0 Å². The highest BCUT2D eigenvalue weighted by Gasteiger charge is 2.31. The summed E-state index contributed by atoms with van der Waals surface area (Å²) in [5.41, 5.74) is -0.212. The molecule has 0 atom stereocenters. The Labute approximate surface area is 115 Å². The molecule has 0 bridgehead atoms. The fourth-order valence-corrected chi connectivity index (χ4v) is 1.75. The first-order valence-corrected chi connectivity index (χ1v) is 6.11. The number of anilines is 2. The summed E-state index contributed by atoms with van der Waals surface area (Å²) in [6.07, 6.45) is -0.627. The number of hydrogen-bond acceptors (Lipinski definition) is 4. The van der Waals surface area contributed by atoms with Crippen LogP contribution in [0.2, 0.25) is 5.15 Å². The molecule has 0 aromatic carbocycles. The van der Waals surface area contributed by atoms with Gasteiger partial charge >= 0.3 is 6.09 Å². The van der Waals surface area contributed by atoms with Crippen LogP contribution < -0.4 is 10.2 Å². The standard InChI is InChI=1S/C12H14ClN3O3/c1-12(2,3)19-11(18)16-6-9(17)14-7-4-5-8(13)15-10(7)16/h4-5H,6H2,1-3H3,(H,14,17). The molecule has 0 unspecified atom stereocenters. The summed E-state index contributed by atoms with van der Waals surface area (Å²) in [6, 6.07) is 3.14. The summed E-state index contributed by atoms with van der Waals surface area (Å²) >= 11 is 5.81. The Bertz CT molecular complexity index is 540. The molecule has 1 aromatic heterocycles. The Morgan fingerprint density at radius 1 is 1.47 bits per heavy atom. The Morgan fingerprint density at radius 3 is 2.79 bits per heavy atom. The molecule has 1 aliphatic rings. The van der Waals surface area contributed by atoms with Gasteiger partial charge in [-0.15, -0.1) is 0 Å². The number of rotatable bonds is 0. The predicted octanol–water partition coefficient (Wildman–Crippen LogP) is 2.43. The zero-order chi connectivity index (χ0) is 14.2. The summed E-state index contributed by atoms with van der Waals surface area (Å²) in [5, 5.41) is 2.86. The number of fused-ring (bicyclic) bond motifs is 1. The minimum atomic E-state index is -0.649. The largest absolute Gasteiger partial charge is 0.443 e. The van der Waals surface area contributed by atoms with Crippen LogP contribution in [0.15, 0.2) is 12.1 Å². The lowest BCUT2D eigenvalue weighted by molar-refractivity contribution is -0.115. The number of carbonyl (C=O) groups is 2. The number of ether oxygens (including phenoxy) is 1. The number of nitrogens with one attached hydrogen (secondary N) is 1. The average molecular weight is 284 g/mol. The summed E-state index contributed by atoms with van der Waals surface area (Å²) < 4.78 is 5.25. The van der Waals surface area contributed by atoms with E-state index in [-0.39, 0.29) is 17.6 Å². The van der Waals surface area contributed by atoms with Gasteiger partial charge in [-0.1, -0.05) is 11.6 Å². The maximum Gasteiger partial charge on any atom is 0.416 e. The van der Waals surface area contributed by atoms with Crippen molar-refractivity contribution in [3.63, 3.8) is 0 Å². The van der Waals surface area contributed by atoms with Crippen molar-refractivity contribution >= 4 is 35.1 Å². The molecule has 0 fully saturated rings. The highest BCUT2D eigenvalue weighted by atomic mass is 35.5. The van der Waals surface area contributed by atoms with Crippen molar-refractivity contribution in [1.29, 1.82) is 0 Å². The molecule has 0 radical (unpaired) electrons. The Balaban J connectivity index is 2.34. The first-order chi connectivity index (χ1) is 8.76. The van der Waals surface area contributed by atoms with Crippen LogP contribution in [0.1, 0.15) is 20.8 Å². The lowest BCUT2D eigenvalue weighted by Crippen LogP contribution is -2.45. The number of halogens is 1. The van der Waals surface area contributed by atoms with Crippen LogP contribution in [0.4, 0.5) is 16.3 Å². The summed E-state index contributed by atoms with van der Waals surface area (Å²) in [5.74, 6) is -0.0103. The number of nitrogens with zero attached hydrogens (tertiary/aromatic N) is 2. The SMILES string of the molecule is CC(C)(C)OC(=O)N1CC(=O)Nc2ccc(Cl)nc21. The van der Waals surface area contributed by atoms with Crippen LogP contribution >= 0.6 is 11.6 Å². The van der Waals surface area contributed by atoms with Crippen LogP contribution in [-0.2, 0) is 9.53 Å². The van der Waals surface area contributed by atoms with Gasteiger partial charge in [-0.3, -0.25) is 9.69 Å². The van der Waals surface area contributed by atoms with E-state index >= 15 is 0 Å². The van der Waals surface area contributed by atoms with E-state index in [1.165, 1.54) is 4.90 Å². The number of pyridine rings is 1. The molecule has 2 heterocycles. The molecule has 102 valence electrons. The van der Waals surface area contributed by atoms with Gasteiger partial charge in [0.05, 0.1) is 5.69 Å². The number of aromatic nitrogens is 1. The monoisotopic (exact) mass is 283 g/mol. The van der Waals surface area contributed by atoms with Crippen LogP contribution in [0.25, 0.3) is 0 Å². The normalized spacial score (nSPS) is 14.7. The van der Waals surface area contributed by atoms with Gasteiger partial charge < -0.3 is 10.1 Å². The quantitative estimate of drug-likeness (QED) is 0.742. The smallest absolute Gasteiger partial charge is 0.416 e. The molecule has 19 heavy (non-hydrogen) atoms. The van der Waals surface area contributed by atoms with Crippen LogP contribution in [-0.4, -0.2) is 29.1 Å². The lowest BCUT2D eigenvalue weighted by atomic mass is 10.2. The second kappa shape index (κ2) is 4.70. The molecule has 1 aliphatic heterocycles. The molecule has 0 saturated carbocycles. The molecular formula is C12H14ClN3O3. The lowest BCUT2D eigenvalue weighted by Gasteiger charge is -2.30. The molecule has 7 heteroatoms. The summed E-state index contributed by atoms with van der Waals surface area (Å²) in [6.45, 7) is 5.11. The minimum absolute atomic E-state index is 0.144. The highest BCUT2D eigenvalue weighted by Crippen LogP contribution is 2.29. The maximum atomic E-state index is 12.1.